The van der Waals surface area contributed by atoms with Crippen LogP contribution in [0.15, 0.2) is 351 Å². The molecule has 20 rings (SSSR count). The molecule has 7 aliphatic heterocycles. The predicted octanol–water partition coefficient (Wildman–Crippen LogP) is 18.7. The van der Waals surface area contributed by atoms with Crippen LogP contribution in [-0.2, 0) is 120 Å². The van der Waals surface area contributed by atoms with E-state index in [9.17, 15) is 37.2 Å². The summed E-state index contributed by atoms with van der Waals surface area (Å²) in [6.07, 6.45) is 3.35. The van der Waals surface area contributed by atoms with Gasteiger partial charge >= 0.3 is 35.8 Å². The van der Waals surface area contributed by atoms with Gasteiger partial charge in [0.1, 0.15) is 58.8 Å². The molecule has 2 aliphatic carbocycles. The van der Waals surface area contributed by atoms with Crippen molar-refractivity contribution in [3.05, 3.63) is 342 Å². The molecule has 16 atom stereocenters. The number of ether oxygens (including phenoxy) is 11. The number of esters is 5. The number of aryl methyl sites for hydroxylation is 8. The zero-order valence-corrected chi connectivity index (χ0v) is 80.0. The number of benzene rings is 11. The van der Waals surface area contributed by atoms with Crippen molar-refractivity contribution in [2.45, 2.75) is 201 Å². The van der Waals surface area contributed by atoms with Crippen LogP contribution < -0.4 is 18.9 Å². The van der Waals surface area contributed by atoms with Crippen LogP contribution in [0.4, 0.5) is 0 Å². The second-order valence-electron chi connectivity index (χ2n) is 34.6. The maximum atomic E-state index is 12.7. The van der Waals surface area contributed by atoms with Crippen molar-refractivity contribution in [2.24, 2.45) is 23.7 Å². The van der Waals surface area contributed by atoms with Gasteiger partial charge in [0.25, 0.3) is 10.1 Å². The molecule has 11 aromatic carbocycles. The predicted molar refractivity (Wildman–Crippen MR) is 514 cm³/mol. The van der Waals surface area contributed by atoms with Gasteiger partial charge in [-0.1, -0.05) is 147 Å². The minimum Gasteiger partial charge on any atom is -0.481 e. The van der Waals surface area contributed by atoms with Crippen LogP contribution in [0.5, 0.6) is 23.0 Å². The number of rotatable bonds is 29. The van der Waals surface area contributed by atoms with Crippen molar-refractivity contribution >= 4 is 89.5 Å². The molecule has 26 heteroatoms. The van der Waals surface area contributed by atoms with Crippen molar-refractivity contribution in [3.63, 3.8) is 0 Å². The van der Waals surface area contributed by atoms with Crippen LogP contribution in [-0.4, -0.2) is 142 Å². The molecule has 7 heterocycles. The summed E-state index contributed by atoms with van der Waals surface area (Å²) in [5.74, 6) is -0.0211. The fourth-order valence-electron chi connectivity index (χ4n) is 19.8. The first-order chi connectivity index (χ1) is 65.3. The fraction of sp³-hybridized carbons (Fsp3) is 0.284. The molecule has 0 radical (unpaired) electrons. The van der Waals surface area contributed by atoms with Gasteiger partial charge in [-0.3, -0.25) is 13.8 Å². The highest BCUT2D eigenvalue weighted by Gasteiger charge is 2.68. The summed E-state index contributed by atoms with van der Waals surface area (Å²) in [6, 6.07) is 89.9. The highest BCUT2D eigenvalue weighted by molar-refractivity contribution is 8.01. The molecule has 6 bridgehead atoms. The van der Waals surface area contributed by atoms with E-state index < -0.39 is 75.9 Å². The monoisotopic (exact) mass is 1910 g/mol. The number of aliphatic carboxylic acids is 1. The highest BCUT2D eigenvalue weighted by Crippen LogP contribution is 2.56. The summed E-state index contributed by atoms with van der Waals surface area (Å²) < 4.78 is 92.0. The number of carbonyl (C=O) groups excluding carboxylic acids is 5. The molecule has 2 saturated carbocycles. The molecular formula is C109H106O21S5+4. The Morgan fingerprint density at radius 2 is 0.704 bits per heavy atom. The lowest BCUT2D eigenvalue weighted by molar-refractivity contribution is -0.163. The molecule has 1 N–H and O–H groups in total. The Morgan fingerprint density at radius 3 is 1.07 bits per heavy atom. The second-order valence-corrected chi connectivity index (χ2v) is 44.5. The molecule has 7 saturated heterocycles. The average Bonchev–Trinajstić information content (AvgIpc) is 1.49. The number of carboxylic acid groups (broad SMARTS) is 1. The van der Waals surface area contributed by atoms with E-state index in [0.717, 1.165) is 72.0 Å². The second kappa shape index (κ2) is 41.6. The Labute approximate surface area is 798 Å². The summed E-state index contributed by atoms with van der Waals surface area (Å²) in [5.41, 5.74) is 7.54. The van der Waals surface area contributed by atoms with Crippen molar-refractivity contribution in [1.82, 2.24) is 0 Å². The van der Waals surface area contributed by atoms with Gasteiger partial charge in [0.2, 0.25) is 0 Å². The molecule has 135 heavy (non-hydrogen) atoms. The van der Waals surface area contributed by atoms with Gasteiger partial charge in [-0.15, -0.1) is 0 Å². The molecule has 9 aliphatic rings. The van der Waals surface area contributed by atoms with Gasteiger partial charge in [0, 0.05) is 60.4 Å². The summed E-state index contributed by atoms with van der Waals surface area (Å²) in [7, 11) is -4.81. The average molecular weight is 1910 g/mol. The molecule has 694 valence electrons. The SMILES string of the molecule is C=C/C=C(\C=C)[S+](c1ccccc1)c1cc(C)c(OCC(=O)OC2C3CC4C(=O)OC2C4C3)c(C)c1.Cc1cc([S+](c2ccccc2)c2ccccc2)cc(C)c1OCC(=O)O.Cc1cc([S+](c2ccccc2)c2ccccc2)cc(C)c1OCC(=O)OC1C2CC3C(=O)OC1C3O2.Cc1cc([S+](c2ccccc2)c2ccccc2)cc(C)c1OCC(=O)OC1C2CC3C(O2)C1OS3(=O)=O. The third-order valence-electron chi connectivity index (χ3n) is 25.4. The first-order valence-corrected chi connectivity index (χ1v) is 51.3. The lowest BCUT2D eigenvalue weighted by Gasteiger charge is -2.25. The molecule has 0 spiro atoms. The standard InChI is InChI=1S/C30H31O5S.C29H27O6S.C28H27O7S2.C22H20O3S/c1-5-10-21(6-2)36(22-11-8-7-9-12-22)23-13-18(3)27(19(4)14-23)33-17-26(31)34-28-20-15-24-25(16-20)30(32)35-29(24)28;1-17-13-21(36(19-9-5-3-6-10-19)20-11-7-4-8-12-20)14-18(2)25(17)32-16-24(30)34-27-23-15-22-26(33-23)28(27)35-29(22)31;1-17-13-21(36(19-9-5-3-6-10-19)20-11-7-4-8-12-20)14-18(2)25(17)32-16-24(29)34-26-22-15-23-27(33-22)28(26)35-37(23,30)31;1-16-13-20(14-17(2)22(16)25-15-21(23)24)26(18-9-5-3-6-10-18)19-11-7-4-8-12-19/h5-14,20,24-25,28-29H,1-2,15-17H2,3-4H3;3-14,22-23,26-28H,15-16H2,1-2H3;3-14,22-23,26-28H,15-16H2,1-2H3;3-14H,15H2,1-2H3/q3*+1;/p+1/b21-10+;;;. The summed E-state index contributed by atoms with van der Waals surface area (Å²) in [5, 5.41) is 8.21. The summed E-state index contributed by atoms with van der Waals surface area (Å²) in [4.78, 5) is 87.0. The Balaban J connectivity index is 0.000000126. The minimum absolute atomic E-state index is 0.00151. The Bertz CT molecular complexity index is 6160. The first-order valence-electron chi connectivity index (χ1n) is 45.0. The van der Waals surface area contributed by atoms with Gasteiger partial charge in [0.15, 0.2) is 103 Å². The molecule has 16 unspecified atom stereocenters. The van der Waals surface area contributed by atoms with Crippen molar-refractivity contribution in [2.75, 3.05) is 26.4 Å². The third kappa shape index (κ3) is 20.6. The molecule has 9 fully saturated rings. The summed E-state index contributed by atoms with van der Waals surface area (Å²) in [6.45, 7) is 22.7. The van der Waals surface area contributed by atoms with E-state index in [0.29, 0.717) is 29.4 Å². The zero-order chi connectivity index (χ0) is 94.5. The number of hydrogen-bond donors (Lipinski definition) is 1. The number of carboxylic acids is 1. The van der Waals surface area contributed by atoms with E-state index >= 15 is 0 Å². The fourth-order valence-corrected chi connectivity index (χ4v) is 30.5. The minimum atomic E-state index is -3.66. The lowest BCUT2D eigenvalue weighted by atomic mass is 9.88. The normalized spacial score (nSPS) is 23.5. The van der Waals surface area contributed by atoms with E-state index in [-0.39, 0.29) is 136 Å². The van der Waals surface area contributed by atoms with E-state index in [1.165, 1.54) is 44.1 Å². The number of fused-ring (bicyclic) bond motifs is 3. The van der Waals surface area contributed by atoms with Gasteiger partial charge in [-0.2, -0.15) is 8.42 Å². The van der Waals surface area contributed by atoms with Crippen LogP contribution in [0.1, 0.15) is 70.2 Å². The van der Waals surface area contributed by atoms with Crippen LogP contribution >= 0.6 is 0 Å². The summed E-state index contributed by atoms with van der Waals surface area (Å²) >= 11 is 0. The van der Waals surface area contributed by atoms with Crippen LogP contribution in [0.3, 0.4) is 0 Å². The van der Waals surface area contributed by atoms with Gasteiger partial charge < -0.3 is 57.2 Å². The van der Waals surface area contributed by atoms with E-state index in [2.05, 4.69) is 219 Å². The molecule has 0 aromatic heterocycles. The number of hydrogen-bond acceptors (Lipinski definition) is 20. The van der Waals surface area contributed by atoms with Crippen LogP contribution in [0.2, 0.25) is 0 Å². The topological polar surface area (TPSA) is 268 Å². The van der Waals surface area contributed by atoms with Crippen molar-refractivity contribution < 1.29 is 98.6 Å². The molecule has 21 nitrogen and oxygen atoms in total. The maximum absolute atomic E-state index is 12.7. The largest absolute Gasteiger partial charge is 0.481 e. The third-order valence-corrected chi connectivity index (χ3v) is 35.9. The smallest absolute Gasteiger partial charge is 0.344 e. The zero-order valence-electron chi connectivity index (χ0n) is 75.9. The van der Waals surface area contributed by atoms with Crippen LogP contribution in [0, 0.1) is 79.1 Å². The molecular weight excluding hydrogens is 1810 g/mol. The Morgan fingerprint density at radius 1 is 0.378 bits per heavy atom. The lowest BCUT2D eigenvalue weighted by Crippen LogP contribution is -2.42. The van der Waals surface area contributed by atoms with Gasteiger partial charge in [-0.25, -0.2) is 19.2 Å². The van der Waals surface area contributed by atoms with Crippen molar-refractivity contribution in [3.8, 4) is 23.0 Å². The molecule has 11 aromatic rings. The first kappa shape index (κ1) is 94.6. The van der Waals surface area contributed by atoms with E-state index in [4.69, 9.17) is 61.4 Å². The highest BCUT2D eigenvalue weighted by atomic mass is 32.2. The van der Waals surface area contributed by atoms with Gasteiger partial charge in [-0.05, 0) is 223 Å². The number of carbonyl (C=O) groups is 6. The Hall–Kier alpha value is -12.1. The van der Waals surface area contributed by atoms with Crippen LogP contribution in [0.25, 0.3) is 0 Å². The maximum Gasteiger partial charge on any atom is 0.344 e. The van der Waals surface area contributed by atoms with Crippen molar-refractivity contribution in [1.29, 1.82) is 0 Å². The van der Waals surface area contributed by atoms with Gasteiger partial charge in [0.05, 0.1) is 67.6 Å². The van der Waals surface area contributed by atoms with E-state index in [1.807, 2.05) is 122 Å². The van der Waals surface area contributed by atoms with E-state index in [1.54, 1.807) is 6.08 Å². The number of allylic oxidation sites excluding steroid dienone is 3. The Kier molecular flexibility index (Phi) is 29.2. The molecule has 0 amide bonds. The quantitative estimate of drug-likeness (QED) is 0.0150.